The Morgan fingerprint density at radius 2 is 1.78 bits per heavy atom. The van der Waals surface area contributed by atoms with Gasteiger partial charge in [-0.3, -0.25) is 4.79 Å². The van der Waals surface area contributed by atoms with Gasteiger partial charge < -0.3 is 14.6 Å². The van der Waals surface area contributed by atoms with E-state index in [1.165, 1.54) is 11.0 Å². The van der Waals surface area contributed by atoms with Gasteiger partial charge in [0.25, 0.3) is 5.56 Å². The molecule has 1 amide bonds. The van der Waals surface area contributed by atoms with Gasteiger partial charge in [-0.15, -0.1) is 0 Å². The largest absolute Gasteiger partial charge is 0.415 e. The Balaban J connectivity index is 2.32. The lowest BCUT2D eigenvalue weighted by Gasteiger charge is -2.20. The van der Waals surface area contributed by atoms with E-state index in [1.54, 1.807) is 30.3 Å². The van der Waals surface area contributed by atoms with E-state index in [1.807, 2.05) is 19.9 Å². The molecule has 0 aliphatic carbocycles. The lowest BCUT2D eigenvalue weighted by Crippen LogP contribution is -2.33. The molecule has 1 N–H and O–H groups in total. The van der Waals surface area contributed by atoms with E-state index in [0.717, 1.165) is 0 Å². The molecular formula is C20H18Cl2N2O3. The molecule has 2 aromatic carbocycles. The fraction of sp³-hybridized carbons (Fsp3) is 0.200. The number of hydrogen-bond acceptors (Lipinski definition) is 3. The monoisotopic (exact) mass is 404 g/mol. The zero-order valence-corrected chi connectivity index (χ0v) is 16.4. The van der Waals surface area contributed by atoms with Gasteiger partial charge in [0.2, 0.25) is 0 Å². The van der Waals surface area contributed by atoms with E-state index in [9.17, 15) is 9.59 Å². The second-order valence-corrected chi connectivity index (χ2v) is 6.72. The SMILES string of the molecule is CCN(CC)C(=O)Oc1c(-c2ccccc2)c(=O)[nH]c2c(Cl)cc(Cl)cc12. The fourth-order valence-electron chi connectivity index (χ4n) is 2.90. The topological polar surface area (TPSA) is 62.4 Å². The number of carbonyl (C=O) groups excluding carboxylic acids is 1. The number of rotatable bonds is 4. The first-order valence-corrected chi connectivity index (χ1v) is 9.29. The van der Waals surface area contributed by atoms with E-state index < -0.39 is 11.7 Å². The molecular weight excluding hydrogens is 387 g/mol. The van der Waals surface area contributed by atoms with Crippen LogP contribution in [-0.4, -0.2) is 29.1 Å². The first-order chi connectivity index (χ1) is 13.0. The molecule has 140 valence electrons. The minimum absolute atomic E-state index is 0.140. The normalized spacial score (nSPS) is 10.8. The molecule has 0 unspecified atom stereocenters. The highest BCUT2D eigenvalue weighted by Crippen LogP contribution is 2.37. The Labute approximate surface area is 166 Å². The summed E-state index contributed by atoms with van der Waals surface area (Å²) in [7, 11) is 0. The van der Waals surface area contributed by atoms with Gasteiger partial charge >= 0.3 is 6.09 Å². The van der Waals surface area contributed by atoms with Crippen LogP contribution in [0.5, 0.6) is 5.75 Å². The highest BCUT2D eigenvalue weighted by Gasteiger charge is 2.22. The average Bonchev–Trinajstić information content (AvgIpc) is 2.64. The molecule has 5 nitrogen and oxygen atoms in total. The number of ether oxygens (including phenoxy) is 1. The summed E-state index contributed by atoms with van der Waals surface area (Å²) in [5.74, 6) is 0.140. The van der Waals surface area contributed by atoms with Crippen LogP contribution in [0.15, 0.2) is 47.3 Å². The van der Waals surface area contributed by atoms with Crippen molar-refractivity contribution in [1.29, 1.82) is 0 Å². The molecule has 0 radical (unpaired) electrons. The van der Waals surface area contributed by atoms with E-state index in [2.05, 4.69) is 4.98 Å². The molecule has 0 spiro atoms. The maximum atomic E-state index is 12.8. The van der Waals surface area contributed by atoms with Crippen LogP contribution >= 0.6 is 23.2 Å². The van der Waals surface area contributed by atoms with Crippen LogP contribution in [0.3, 0.4) is 0 Å². The quantitative estimate of drug-likeness (QED) is 0.637. The first kappa shape index (κ1) is 19.3. The van der Waals surface area contributed by atoms with E-state index >= 15 is 0 Å². The van der Waals surface area contributed by atoms with E-state index in [-0.39, 0.29) is 16.3 Å². The van der Waals surface area contributed by atoms with Gasteiger partial charge in [0.15, 0.2) is 5.75 Å². The zero-order chi connectivity index (χ0) is 19.6. The predicted molar refractivity (Wildman–Crippen MR) is 109 cm³/mol. The Morgan fingerprint density at radius 1 is 1.11 bits per heavy atom. The number of hydrogen-bond donors (Lipinski definition) is 1. The Kier molecular flexibility index (Phi) is 5.73. The van der Waals surface area contributed by atoms with Crippen LogP contribution in [0.4, 0.5) is 4.79 Å². The summed E-state index contributed by atoms with van der Waals surface area (Å²) in [5, 5.41) is 1.11. The Hall–Kier alpha value is -2.50. The van der Waals surface area contributed by atoms with Crippen LogP contribution in [-0.2, 0) is 0 Å². The van der Waals surface area contributed by atoms with Crippen molar-refractivity contribution >= 4 is 40.2 Å². The maximum absolute atomic E-state index is 12.8. The first-order valence-electron chi connectivity index (χ1n) is 8.53. The maximum Gasteiger partial charge on any atom is 0.415 e. The summed E-state index contributed by atoms with van der Waals surface area (Å²) >= 11 is 12.4. The summed E-state index contributed by atoms with van der Waals surface area (Å²) in [6.45, 7) is 4.68. The van der Waals surface area contributed by atoms with Gasteiger partial charge in [0.05, 0.1) is 16.1 Å². The summed E-state index contributed by atoms with van der Waals surface area (Å²) in [4.78, 5) is 29.7. The summed E-state index contributed by atoms with van der Waals surface area (Å²) in [6, 6.07) is 12.2. The third kappa shape index (κ3) is 3.80. The summed E-state index contributed by atoms with van der Waals surface area (Å²) in [6.07, 6.45) is -0.542. The van der Waals surface area contributed by atoms with Gasteiger partial charge in [0, 0.05) is 23.5 Å². The van der Waals surface area contributed by atoms with Crippen LogP contribution in [0.2, 0.25) is 10.0 Å². The number of amides is 1. The summed E-state index contributed by atoms with van der Waals surface area (Å²) in [5.41, 5.74) is 0.842. The molecule has 1 aromatic heterocycles. The van der Waals surface area contributed by atoms with Crippen molar-refractivity contribution in [3.63, 3.8) is 0 Å². The molecule has 3 aromatic rings. The molecule has 0 bridgehead atoms. The van der Waals surface area contributed by atoms with Crippen molar-refractivity contribution in [2.24, 2.45) is 0 Å². The molecule has 0 aliphatic rings. The molecule has 3 rings (SSSR count). The van der Waals surface area contributed by atoms with Crippen molar-refractivity contribution in [2.45, 2.75) is 13.8 Å². The summed E-state index contributed by atoms with van der Waals surface area (Å²) < 4.78 is 5.70. The van der Waals surface area contributed by atoms with Crippen LogP contribution in [0, 0.1) is 0 Å². The van der Waals surface area contributed by atoms with Crippen LogP contribution in [0.1, 0.15) is 13.8 Å². The van der Waals surface area contributed by atoms with Crippen LogP contribution < -0.4 is 10.3 Å². The molecule has 0 atom stereocenters. The zero-order valence-electron chi connectivity index (χ0n) is 14.9. The van der Waals surface area contributed by atoms with Gasteiger partial charge in [-0.1, -0.05) is 53.5 Å². The average molecular weight is 405 g/mol. The number of pyridine rings is 1. The number of nitrogens with one attached hydrogen (secondary N) is 1. The lowest BCUT2D eigenvalue weighted by atomic mass is 10.0. The minimum Gasteiger partial charge on any atom is -0.409 e. The fourth-order valence-corrected chi connectivity index (χ4v) is 3.44. The van der Waals surface area contributed by atoms with Gasteiger partial charge in [-0.2, -0.15) is 0 Å². The second kappa shape index (κ2) is 8.03. The molecule has 7 heteroatoms. The smallest absolute Gasteiger partial charge is 0.409 e. The highest BCUT2D eigenvalue weighted by atomic mass is 35.5. The number of fused-ring (bicyclic) bond motifs is 1. The van der Waals surface area contributed by atoms with Crippen molar-refractivity contribution in [3.8, 4) is 16.9 Å². The van der Waals surface area contributed by atoms with Crippen molar-refractivity contribution in [3.05, 3.63) is 62.9 Å². The molecule has 27 heavy (non-hydrogen) atoms. The predicted octanol–water partition coefficient (Wildman–Crippen LogP) is 5.34. The number of H-pyrrole nitrogens is 1. The number of nitrogens with zero attached hydrogens (tertiary/aromatic N) is 1. The molecule has 0 fully saturated rings. The van der Waals surface area contributed by atoms with E-state index in [4.69, 9.17) is 27.9 Å². The lowest BCUT2D eigenvalue weighted by molar-refractivity contribution is 0.158. The Morgan fingerprint density at radius 3 is 2.41 bits per heavy atom. The van der Waals surface area contributed by atoms with Gasteiger partial charge in [0.1, 0.15) is 0 Å². The minimum atomic E-state index is -0.542. The molecule has 1 heterocycles. The number of aromatic amines is 1. The van der Waals surface area contributed by atoms with Gasteiger partial charge in [-0.25, -0.2) is 4.79 Å². The van der Waals surface area contributed by atoms with Crippen molar-refractivity contribution in [2.75, 3.05) is 13.1 Å². The molecule has 0 aliphatic heterocycles. The highest BCUT2D eigenvalue weighted by molar-refractivity contribution is 6.38. The van der Waals surface area contributed by atoms with Crippen LogP contribution in [0.25, 0.3) is 22.0 Å². The number of halogens is 2. The number of aromatic nitrogens is 1. The standard InChI is InChI=1S/C20H18Cl2N2O3/c1-3-24(4-2)20(26)27-18-14-10-13(21)11-15(22)17(14)23-19(25)16(18)12-8-6-5-7-9-12/h5-11H,3-4H2,1-2H3,(H,23,25). The van der Waals surface area contributed by atoms with Crippen molar-refractivity contribution < 1.29 is 9.53 Å². The molecule has 0 saturated heterocycles. The second-order valence-electron chi connectivity index (χ2n) is 5.87. The number of benzene rings is 2. The third-order valence-electron chi connectivity index (χ3n) is 4.27. The number of carbonyl (C=O) groups is 1. The van der Waals surface area contributed by atoms with Crippen molar-refractivity contribution in [1.82, 2.24) is 9.88 Å². The third-order valence-corrected chi connectivity index (χ3v) is 4.78. The Bertz CT molecular complexity index is 1040. The molecule has 0 saturated carbocycles. The van der Waals surface area contributed by atoms with Gasteiger partial charge in [-0.05, 0) is 31.5 Å². The van der Waals surface area contributed by atoms with E-state index in [0.29, 0.717) is 34.6 Å².